The van der Waals surface area contributed by atoms with E-state index in [1.807, 2.05) is 19.9 Å². The number of hydrogen-bond donors (Lipinski definition) is 1. The molecule has 0 saturated carbocycles. The molecule has 4 nitrogen and oxygen atoms in total. The predicted octanol–water partition coefficient (Wildman–Crippen LogP) is 4.77. The fourth-order valence-corrected chi connectivity index (χ4v) is 2.92. The molecule has 134 valence electrons. The maximum absolute atomic E-state index is 14.2. The minimum atomic E-state index is -0.981. The van der Waals surface area contributed by atoms with Gasteiger partial charge < -0.3 is 9.84 Å². The van der Waals surface area contributed by atoms with E-state index < -0.39 is 23.4 Å². The highest BCUT2D eigenvalue weighted by Gasteiger charge is 2.15. The van der Waals surface area contributed by atoms with Crippen molar-refractivity contribution in [1.82, 2.24) is 4.98 Å². The van der Waals surface area contributed by atoms with Crippen molar-refractivity contribution < 1.29 is 23.4 Å². The zero-order valence-electron chi connectivity index (χ0n) is 14.0. The third kappa shape index (κ3) is 5.70. The van der Waals surface area contributed by atoms with Crippen LogP contribution in [0.3, 0.4) is 0 Å². The Morgan fingerprint density at radius 1 is 1.28 bits per heavy atom. The number of carboxylic acid groups (broad SMARTS) is 1. The highest BCUT2D eigenvalue weighted by atomic mass is 32.2. The monoisotopic (exact) mass is 367 g/mol. The van der Waals surface area contributed by atoms with Gasteiger partial charge in [0.15, 0.2) is 17.4 Å². The fraction of sp³-hybridized carbons (Fsp3) is 0.333. The molecule has 7 heteroatoms. The molecule has 1 aromatic carbocycles. The summed E-state index contributed by atoms with van der Waals surface area (Å²) >= 11 is 1.56. The number of rotatable bonds is 8. The number of ether oxygens (including phenoxy) is 1. The number of carbonyl (C=O) groups is 1. The first-order valence-electron chi connectivity index (χ1n) is 7.84. The van der Waals surface area contributed by atoms with Gasteiger partial charge in [-0.3, -0.25) is 4.79 Å². The summed E-state index contributed by atoms with van der Waals surface area (Å²) in [6, 6.07) is 7.66. The van der Waals surface area contributed by atoms with Crippen LogP contribution in [0.1, 0.15) is 26.7 Å². The first-order valence-corrected chi connectivity index (χ1v) is 8.72. The standard InChI is InChI=1S/C18H19F2NO3S/c1-11(2)25-16-6-3-5-15(21-16)12-9-13(19)18(14(20)10-12)24-8-4-7-17(22)23/h3,5-6,9-11H,4,7-8H2,1-2H3,(H,22,23). The lowest BCUT2D eigenvalue weighted by Crippen LogP contribution is -2.05. The normalized spacial score (nSPS) is 10.9. The maximum Gasteiger partial charge on any atom is 0.303 e. The zero-order chi connectivity index (χ0) is 18.4. The van der Waals surface area contributed by atoms with Crippen molar-refractivity contribution in [3.63, 3.8) is 0 Å². The summed E-state index contributed by atoms with van der Waals surface area (Å²) in [6.45, 7) is 4.00. The molecule has 0 aliphatic rings. The molecule has 25 heavy (non-hydrogen) atoms. The van der Waals surface area contributed by atoms with Crippen LogP contribution in [0.2, 0.25) is 0 Å². The van der Waals surface area contributed by atoms with E-state index in [1.54, 1.807) is 23.9 Å². The molecule has 0 bridgehead atoms. The van der Waals surface area contributed by atoms with Gasteiger partial charge in [0, 0.05) is 17.2 Å². The first-order chi connectivity index (χ1) is 11.9. The lowest BCUT2D eigenvalue weighted by Gasteiger charge is -2.11. The lowest BCUT2D eigenvalue weighted by atomic mass is 10.1. The quantitative estimate of drug-likeness (QED) is 0.538. The van der Waals surface area contributed by atoms with E-state index in [0.717, 1.165) is 5.03 Å². The minimum absolute atomic E-state index is 0.0712. The summed E-state index contributed by atoms with van der Waals surface area (Å²) in [5, 5.41) is 9.67. The molecule has 2 rings (SSSR count). The molecule has 1 heterocycles. The molecule has 0 unspecified atom stereocenters. The molecule has 0 radical (unpaired) electrons. The van der Waals surface area contributed by atoms with Gasteiger partial charge in [-0.1, -0.05) is 19.9 Å². The summed E-state index contributed by atoms with van der Waals surface area (Å²) in [5.74, 6) is -3.16. The van der Waals surface area contributed by atoms with Crippen LogP contribution in [-0.2, 0) is 4.79 Å². The van der Waals surface area contributed by atoms with E-state index in [1.165, 1.54) is 12.1 Å². The van der Waals surface area contributed by atoms with Crippen LogP contribution < -0.4 is 4.74 Å². The Hall–Kier alpha value is -2.15. The van der Waals surface area contributed by atoms with Crippen LogP contribution in [0.25, 0.3) is 11.3 Å². The average Bonchev–Trinajstić information content (AvgIpc) is 2.52. The summed E-state index contributed by atoms with van der Waals surface area (Å²) in [6.07, 6.45) is 0.0531. The number of carboxylic acids is 1. The van der Waals surface area contributed by atoms with Crippen molar-refractivity contribution in [2.45, 2.75) is 37.0 Å². The van der Waals surface area contributed by atoms with Gasteiger partial charge in [0.1, 0.15) is 0 Å². The number of halogens is 2. The maximum atomic E-state index is 14.2. The smallest absolute Gasteiger partial charge is 0.303 e. The summed E-state index contributed by atoms with van der Waals surface area (Å²) < 4.78 is 33.4. The molecule has 1 aromatic heterocycles. The second-order valence-electron chi connectivity index (χ2n) is 5.64. The average molecular weight is 367 g/mol. The summed E-state index contributed by atoms with van der Waals surface area (Å²) in [5.41, 5.74) is 0.792. The number of aromatic nitrogens is 1. The van der Waals surface area contributed by atoms with Gasteiger partial charge in [0.2, 0.25) is 0 Å². The Morgan fingerprint density at radius 2 is 1.96 bits per heavy atom. The zero-order valence-corrected chi connectivity index (χ0v) is 14.8. The van der Waals surface area contributed by atoms with Gasteiger partial charge in [-0.25, -0.2) is 13.8 Å². The lowest BCUT2D eigenvalue weighted by molar-refractivity contribution is -0.137. The molecule has 1 N–H and O–H groups in total. The first kappa shape index (κ1) is 19.2. The molecule has 0 spiro atoms. The van der Waals surface area contributed by atoms with Crippen molar-refractivity contribution in [2.75, 3.05) is 6.61 Å². The topological polar surface area (TPSA) is 59.4 Å². The predicted molar refractivity (Wildman–Crippen MR) is 92.9 cm³/mol. The molecule has 0 amide bonds. The van der Waals surface area contributed by atoms with E-state index in [-0.39, 0.29) is 19.4 Å². The van der Waals surface area contributed by atoms with Crippen molar-refractivity contribution in [1.29, 1.82) is 0 Å². The van der Waals surface area contributed by atoms with Gasteiger partial charge in [-0.15, -0.1) is 11.8 Å². The van der Waals surface area contributed by atoms with Crippen LogP contribution >= 0.6 is 11.8 Å². The third-order valence-corrected chi connectivity index (χ3v) is 4.10. The fourth-order valence-electron chi connectivity index (χ4n) is 2.13. The largest absolute Gasteiger partial charge is 0.488 e. The number of benzene rings is 1. The summed E-state index contributed by atoms with van der Waals surface area (Å²) in [7, 11) is 0. The van der Waals surface area contributed by atoms with Crippen molar-refractivity contribution in [3.8, 4) is 17.0 Å². The number of aliphatic carboxylic acids is 1. The van der Waals surface area contributed by atoms with Gasteiger partial charge in [0.05, 0.1) is 17.3 Å². The number of nitrogens with zero attached hydrogens (tertiary/aromatic N) is 1. The second-order valence-corrected chi connectivity index (χ2v) is 7.24. The second kappa shape index (κ2) is 8.80. The van der Waals surface area contributed by atoms with Crippen molar-refractivity contribution in [2.24, 2.45) is 0 Å². The van der Waals surface area contributed by atoms with Crippen molar-refractivity contribution >= 4 is 17.7 Å². The van der Waals surface area contributed by atoms with Crippen LogP contribution in [0, 0.1) is 11.6 Å². The third-order valence-electron chi connectivity index (χ3n) is 3.16. The Bertz CT molecular complexity index is 730. The number of hydrogen-bond acceptors (Lipinski definition) is 4. The molecule has 0 aliphatic heterocycles. The Morgan fingerprint density at radius 3 is 2.56 bits per heavy atom. The molecule has 0 aliphatic carbocycles. The Balaban J connectivity index is 2.17. The van der Waals surface area contributed by atoms with E-state index in [9.17, 15) is 13.6 Å². The SMILES string of the molecule is CC(C)Sc1cccc(-c2cc(F)c(OCCCC(=O)O)c(F)c2)n1. The van der Waals surface area contributed by atoms with Gasteiger partial charge >= 0.3 is 5.97 Å². The van der Waals surface area contributed by atoms with Crippen LogP contribution in [-0.4, -0.2) is 27.9 Å². The summed E-state index contributed by atoms with van der Waals surface area (Å²) in [4.78, 5) is 14.8. The van der Waals surface area contributed by atoms with Gasteiger partial charge in [-0.05, 0) is 30.7 Å². The highest BCUT2D eigenvalue weighted by Crippen LogP contribution is 2.30. The molecule has 0 saturated heterocycles. The Labute approximate surface area is 149 Å². The van der Waals surface area contributed by atoms with E-state index in [4.69, 9.17) is 9.84 Å². The van der Waals surface area contributed by atoms with Crippen molar-refractivity contribution in [3.05, 3.63) is 42.0 Å². The molecule has 0 fully saturated rings. The highest BCUT2D eigenvalue weighted by molar-refractivity contribution is 7.99. The molecule has 0 atom stereocenters. The number of pyridine rings is 1. The van der Waals surface area contributed by atoms with Crippen LogP contribution in [0.15, 0.2) is 35.4 Å². The molecule has 2 aromatic rings. The van der Waals surface area contributed by atoms with Crippen LogP contribution in [0.4, 0.5) is 8.78 Å². The van der Waals surface area contributed by atoms with E-state index >= 15 is 0 Å². The van der Waals surface area contributed by atoms with Crippen LogP contribution in [0.5, 0.6) is 5.75 Å². The van der Waals surface area contributed by atoms with E-state index in [0.29, 0.717) is 16.5 Å². The minimum Gasteiger partial charge on any atom is -0.488 e. The molecular weight excluding hydrogens is 348 g/mol. The molecular formula is C18H19F2NO3S. The van der Waals surface area contributed by atoms with E-state index in [2.05, 4.69) is 4.98 Å². The number of thioether (sulfide) groups is 1. The van der Waals surface area contributed by atoms with Gasteiger partial charge in [0.25, 0.3) is 0 Å². The Kier molecular flexibility index (Phi) is 6.75. The van der Waals surface area contributed by atoms with Gasteiger partial charge in [-0.2, -0.15) is 0 Å².